The van der Waals surface area contributed by atoms with Gasteiger partial charge in [0.2, 0.25) is 5.91 Å². The van der Waals surface area contributed by atoms with Gasteiger partial charge < -0.3 is 24.4 Å². The van der Waals surface area contributed by atoms with Gasteiger partial charge in [-0.2, -0.15) is 26.3 Å². The van der Waals surface area contributed by atoms with Crippen LogP contribution in [0.1, 0.15) is 38.7 Å². The van der Waals surface area contributed by atoms with Gasteiger partial charge in [0.25, 0.3) is 10.0 Å². The van der Waals surface area contributed by atoms with Gasteiger partial charge in [0.15, 0.2) is 0 Å². The molecule has 2 heterocycles. The highest BCUT2D eigenvalue weighted by Crippen LogP contribution is 2.44. The number of fused-ring (bicyclic) bond motifs is 1. The summed E-state index contributed by atoms with van der Waals surface area (Å²) in [4.78, 5) is 24.6. The topological polar surface area (TPSA) is 110 Å². The van der Waals surface area contributed by atoms with Crippen molar-refractivity contribution in [3.05, 3.63) is 48.0 Å². The Balaban J connectivity index is 1.80. The summed E-state index contributed by atoms with van der Waals surface area (Å²) in [5.41, 5.74) is -5.25. The number of hydrogen-bond donors (Lipinski definition) is 0. The number of nitrogens with zero attached hydrogens (tertiary/aromatic N) is 3. The predicted octanol–water partition coefficient (Wildman–Crippen LogP) is 4.16. The second-order valence-corrected chi connectivity index (χ2v) is 12.2. The van der Waals surface area contributed by atoms with Crippen LogP contribution in [0.2, 0.25) is 0 Å². The van der Waals surface area contributed by atoms with Crippen LogP contribution in [-0.2, 0) is 21.0 Å². The summed E-state index contributed by atoms with van der Waals surface area (Å²) in [5, 5.41) is 11.9. The number of ether oxygens (including phenoxy) is 1. The Hall–Kier alpha value is -3.69. The van der Waals surface area contributed by atoms with Gasteiger partial charge in [0.1, 0.15) is 23.5 Å². The first-order valence-corrected chi connectivity index (χ1v) is 14.1. The predicted molar refractivity (Wildman–Crippen MR) is 135 cm³/mol. The third-order valence-electron chi connectivity index (χ3n) is 7.21. The molecule has 0 aliphatic carbocycles. The molecule has 0 unspecified atom stereocenters. The zero-order valence-corrected chi connectivity index (χ0v) is 23.1. The summed E-state index contributed by atoms with van der Waals surface area (Å²) in [7, 11) is -4.80. The maximum absolute atomic E-state index is 13.8. The van der Waals surface area contributed by atoms with Gasteiger partial charge in [-0.3, -0.25) is 9.10 Å². The molecule has 2 amide bonds. The standard InChI is InChI=1S/C26H27F6N3O6S/c1-24(2,26(30,31)32)35(23(37)38)17-8-9-21-20(14-17)34(15-18(41-21)10-12-33-11-4-7-22(33)36)42(39,40)19-6-3-5-16(13-19)25(27,28)29/h3,5-6,8-9,13-14,18H,4,7,10-12,15H2,1-2H3,(H,37,38)/p-1/t18-/m1/s1. The minimum Gasteiger partial charge on any atom is -0.530 e. The van der Waals surface area contributed by atoms with E-state index >= 15 is 0 Å². The lowest BCUT2D eigenvalue weighted by atomic mass is 10.0. The molecule has 2 aromatic rings. The number of alkyl halides is 6. The normalized spacial score (nSPS) is 18.1. The van der Waals surface area contributed by atoms with Crippen molar-refractivity contribution in [1.82, 2.24) is 4.90 Å². The van der Waals surface area contributed by atoms with Gasteiger partial charge in [0.05, 0.1) is 22.7 Å². The number of carbonyl (C=O) groups excluding carboxylic acids is 2. The number of halogens is 6. The molecule has 230 valence electrons. The maximum Gasteiger partial charge on any atom is 0.416 e. The van der Waals surface area contributed by atoms with Crippen molar-refractivity contribution in [2.45, 2.75) is 62.0 Å². The highest BCUT2D eigenvalue weighted by Gasteiger charge is 2.52. The van der Waals surface area contributed by atoms with Gasteiger partial charge in [-0.1, -0.05) is 6.07 Å². The number of hydrogen-bond acceptors (Lipinski definition) is 6. The molecular weight excluding hydrogens is 596 g/mol. The molecule has 0 saturated carbocycles. The van der Waals surface area contributed by atoms with Crippen LogP contribution in [0.5, 0.6) is 5.75 Å². The van der Waals surface area contributed by atoms with Gasteiger partial charge >= 0.3 is 12.4 Å². The minimum atomic E-state index is -5.07. The first kappa shape index (κ1) is 31.3. The number of carbonyl (C=O) groups is 2. The molecule has 42 heavy (non-hydrogen) atoms. The zero-order valence-electron chi connectivity index (χ0n) is 22.3. The molecule has 0 spiro atoms. The minimum absolute atomic E-state index is 0.0899. The fraction of sp³-hybridized carbons (Fsp3) is 0.462. The Morgan fingerprint density at radius 1 is 1.10 bits per heavy atom. The van der Waals surface area contributed by atoms with Crippen LogP contribution in [-0.4, -0.2) is 62.8 Å². The van der Waals surface area contributed by atoms with Crippen LogP contribution < -0.4 is 19.0 Å². The molecular formula is C26H26F6N3O6S-. The number of rotatable bonds is 7. The van der Waals surface area contributed by atoms with Crippen LogP contribution in [0.25, 0.3) is 0 Å². The second kappa shape index (κ2) is 10.9. The average molecular weight is 623 g/mol. The molecule has 0 aromatic heterocycles. The first-order chi connectivity index (χ1) is 19.3. The van der Waals surface area contributed by atoms with Crippen molar-refractivity contribution < 1.29 is 54.2 Å². The van der Waals surface area contributed by atoms with Crippen molar-refractivity contribution in [2.24, 2.45) is 0 Å². The molecule has 1 atom stereocenters. The molecule has 1 saturated heterocycles. The maximum atomic E-state index is 13.8. The fourth-order valence-corrected chi connectivity index (χ4v) is 6.35. The van der Waals surface area contributed by atoms with E-state index in [0.29, 0.717) is 49.7 Å². The summed E-state index contributed by atoms with van der Waals surface area (Å²) < 4.78 is 116. The quantitative estimate of drug-likeness (QED) is 0.429. The van der Waals surface area contributed by atoms with E-state index in [-0.39, 0.29) is 35.2 Å². The van der Waals surface area contributed by atoms with E-state index in [4.69, 9.17) is 4.74 Å². The summed E-state index contributed by atoms with van der Waals surface area (Å²) in [6.45, 7) is 1.39. The number of anilines is 2. The van der Waals surface area contributed by atoms with E-state index in [1.807, 2.05) is 0 Å². The van der Waals surface area contributed by atoms with Crippen LogP contribution in [0.15, 0.2) is 47.4 Å². The zero-order chi connectivity index (χ0) is 31.3. The summed E-state index contributed by atoms with van der Waals surface area (Å²) in [6.07, 6.45) is -11.9. The van der Waals surface area contributed by atoms with Crippen molar-refractivity contribution >= 4 is 33.4 Å². The smallest absolute Gasteiger partial charge is 0.416 e. The van der Waals surface area contributed by atoms with Crippen molar-refractivity contribution in [3.63, 3.8) is 0 Å². The largest absolute Gasteiger partial charge is 0.530 e. The van der Waals surface area contributed by atoms with Crippen molar-refractivity contribution in [1.29, 1.82) is 0 Å². The molecule has 4 rings (SSSR count). The van der Waals surface area contributed by atoms with Crippen LogP contribution in [0.4, 0.5) is 42.5 Å². The van der Waals surface area contributed by atoms with Crippen LogP contribution >= 0.6 is 0 Å². The van der Waals surface area contributed by atoms with Crippen LogP contribution in [0.3, 0.4) is 0 Å². The number of sulfonamides is 1. The molecule has 0 radical (unpaired) electrons. The number of amides is 2. The summed E-state index contributed by atoms with van der Waals surface area (Å²) in [5.74, 6) is -0.264. The first-order valence-electron chi connectivity index (χ1n) is 12.7. The SMILES string of the molecule is CC(C)(N(C(=O)[O-])c1ccc2c(c1)N(S(=O)(=O)c1cccc(C(F)(F)F)c1)C[C@@H](CCN1CCCC1=O)O2)C(F)(F)F. The van der Waals surface area contributed by atoms with Gasteiger partial charge in [-0.15, -0.1) is 0 Å². The van der Waals surface area contributed by atoms with E-state index in [0.717, 1.165) is 30.3 Å². The van der Waals surface area contributed by atoms with E-state index in [1.165, 1.54) is 0 Å². The highest BCUT2D eigenvalue weighted by molar-refractivity contribution is 7.92. The lowest BCUT2D eigenvalue weighted by molar-refractivity contribution is -0.254. The molecule has 16 heteroatoms. The number of likely N-dealkylation sites (tertiary alicyclic amines) is 1. The summed E-state index contributed by atoms with van der Waals surface area (Å²) in [6, 6.07) is 5.82. The third-order valence-corrected chi connectivity index (χ3v) is 8.99. The lowest BCUT2D eigenvalue weighted by Gasteiger charge is -2.42. The molecule has 9 nitrogen and oxygen atoms in total. The molecule has 2 aliphatic heterocycles. The van der Waals surface area contributed by atoms with E-state index in [1.54, 1.807) is 4.90 Å². The van der Waals surface area contributed by atoms with E-state index in [9.17, 15) is 49.5 Å². The molecule has 2 aliphatic rings. The Morgan fingerprint density at radius 2 is 1.79 bits per heavy atom. The lowest BCUT2D eigenvalue weighted by Crippen LogP contribution is -2.60. The van der Waals surface area contributed by atoms with Gasteiger partial charge in [-0.25, -0.2) is 8.42 Å². The second-order valence-electron chi connectivity index (χ2n) is 10.4. The average Bonchev–Trinajstić information content (AvgIpc) is 3.30. The fourth-order valence-electron chi connectivity index (χ4n) is 4.80. The van der Waals surface area contributed by atoms with Crippen molar-refractivity contribution in [2.75, 3.05) is 28.8 Å². The van der Waals surface area contributed by atoms with Gasteiger partial charge in [0, 0.05) is 31.6 Å². The van der Waals surface area contributed by atoms with Crippen molar-refractivity contribution in [3.8, 4) is 5.75 Å². The number of benzene rings is 2. The van der Waals surface area contributed by atoms with E-state index < -0.39 is 62.8 Å². The Morgan fingerprint density at radius 3 is 2.36 bits per heavy atom. The molecule has 1 fully saturated rings. The Labute approximate surface area is 237 Å². The monoisotopic (exact) mass is 622 g/mol. The number of carboxylic acid groups (broad SMARTS) is 1. The third kappa shape index (κ3) is 5.94. The summed E-state index contributed by atoms with van der Waals surface area (Å²) >= 11 is 0. The van der Waals surface area contributed by atoms with Crippen LogP contribution in [0, 0.1) is 0 Å². The Kier molecular flexibility index (Phi) is 8.08. The molecule has 0 bridgehead atoms. The molecule has 0 N–H and O–H groups in total. The highest BCUT2D eigenvalue weighted by atomic mass is 32.2. The Bertz CT molecular complexity index is 1480. The van der Waals surface area contributed by atoms with E-state index in [2.05, 4.69) is 0 Å². The van der Waals surface area contributed by atoms with Gasteiger partial charge in [-0.05, 0) is 56.7 Å². The molecule has 2 aromatic carbocycles.